The third-order valence-electron chi connectivity index (χ3n) is 2.93. The molecule has 0 saturated heterocycles. The zero-order valence-corrected chi connectivity index (χ0v) is 11.4. The van der Waals surface area contributed by atoms with Gasteiger partial charge in [-0.3, -0.25) is 0 Å². The molecule has 1 unspecified atom stereocenters. The lowest BCUT2D eigenvalue weighted by molar-refractivity contribution is 0.186. The lowest BCUT2D eigenvalue weighted by Crippen LogP contribution is -2.27. The van der Waals surface area contributed by atoms with Crippen molar-refractivity contribution in [3.8, 4) is 0 Å². The van der Waals surface area contributed by atoms with E-state index in [1.807, 2.05) is 0 Å². The van der Waals surface area contributed by atoms with E-state index in [4.69, 9.17) is 5.73 Å². The van der Waals surface area contributed by atoms with Gasteiger partial charge in [0.1, 0.15) is 12.0 Å². The standard InChI is InChI=1S/C12H23N5O/c1-5-9(7(2)3)16-11-8(10(13)18)6-15-12(14-4)17-11/h6-7,9-10,18H,5,13H2,1-4H3,(H2,14,15,16,17)/t9-,10?/m0/s1. The van der Waals surface area contributed by atoms with Crippen molar-refractivity contribution in [1.82, 2.24) is 9.97 Å². The minimum atomic E-state index is -1.08. The van der Waals surface area contributed by atoms with Gasteiger partial charge in [-0.15, -0.1) is 0 Å². The number of rotatable bonds is 6. The fourth-order valence-corrected chi connectivity index (χ4v) is 1.76. The Labute approximate surface area is 108 Å². The minimum Gasteiger partial charge on any atom is -0.374 e. The predicted octanol–water partition coefficient (Wildman–Crippen LogP) is 1.31. The third kappa shape index (κ3) is 3.54. The first-order valence-electron chi connectivity index (χ1n) is 6.24. The molecule has 5 N–H and O–H groups in total. The Bertz CT molecular complexity index is 381. The quantitative estimate of drug-likeness (QED) is 0.571. The van der Waals surface area contributed by atoms with Crippen LogP contribution < -0.4 is 16.4 Å². The molecule has 0 aliphatic rings. The zero-order valence-electron chi connectivity index (χ0n) is 11.4. The van der Waals surface area contributed by atoms with Crippen LogP contribution in [0.5, 0.6) is 0 Å². The highest BCUT2D eigenvalue weighted by Gasteiger charge is 2.17. The van der Waals surface area contributed by atoms with E-state index >= 15 is 0 Å². The second kappa shape index (κ2) is 6.51. The van der Waals surface area contributed by atoms with E-state index in [0.29, 0.717) is 23.2 Å². The average Bonchev–Trinajstić information content (AvgIpc) is 2.34. The maximum Gasteiger partial charge on any atom is 0.224 e. The van der Waals surface area contributed by atoms with E-state index in [1.165, 1.54) is 0 Å². The fraction of sp³-hybridized carbons (Fsp3) is 0.667. The van der Waals surface area contributed by atoms with Crippen molar-refractivity contribution in [2.45, 2.75) is 39.5 Å². The number of nitrogens with zero attached hydrogens (tertiary/aromatic N) is 2. The van der Waals surface area contributed by atoms with Crippen molar-refractivity contribution in [1.29, 1.82) is 0 Å². The van der Waals surface area contributed by atoms with Crippen LogP contribution in [0, 0.1) is 5.92 Å². The van der Waals surface area contributed by atoms with Gasteiger partial charge in [0.25, 0.3) is 0 Å². The molecule has 6 heteroatoms. The van der Waals surface area contributed by atoms with Crippen LogP contribution in [0.15, 0.2) is 6.20 Å². The Balaban J connectivity index is 3.03. The molecule has 0 radical (unpaired) electrons. The van der Waals surface area contributed by atoms with Crippen LogP contribution in [0.2, 0.25) is 0 Å². The first-order valence-corrected chi connectivity index (χ1v) is 6.24. The van der Waals surface area contributed by atoms with Gasteiger partial charge in [0.05, 0.1) is 5.56 Å². The van der Waals surface area contributed by atoms with Crippen LogP contribution in [-0.4, -0.2) is 28.2 Å². The number of hydrogen-bond donors (Lipinski definition) is 4. The van der Waals surface area contributed by atoms with Crippen molar-refractivity contribution in [3.63, 3.8) is 0 Å². The van der Waals surface area contributed by atoms with Gasteiger partial charge in [0.2, 0.25) is 5.95 Å². The number of aliphatic hydroxyl groups is 1. The fourth-order valence-electron chi connectivity index (χ4n) is 1.76. The summed E-state index contributed by atoms with van der Waals surface area (Å²) in [6.07, 6.45) is 1.43. The summed E-state index contributed by atoms with van der Waals surface area (Å²) < 4.78 is 0. The van der Waals surface area contributed by atoms with Crippen LogP contribution in [-0.2, 0) is 0 Å². The summed E-state index contributed by atoms with van der Waals surface area (Å²) in [5, 5.41) is 15.7. The SMILES string of the molecule is CC[C@H](Nc1nc(NC)ncc1C(N)O)C(C)C. The summed E-state index contributed by atoms with van der Waals surface area (Å²) >= 11 is 0. The summed E-state index contributed by atoms with van der Waals surface area (Å²) in [6, 6.07) is 0.280. The number of nitrogens with two attached hydrogens (primary N) is 1. The summed E-state index contributed by atoms with van der Waals surface area (Å²) in [6.45, 7) is 6.39. The van der Waals surface area contributed by atoms with E-state index < -0.39 is 6.23 Å². The van der Waals surface area contributed by atoms with Crippen LogP contribution in [0.4, 0.5) is 11.8 Å². The molecule has 102 valence electrons. The van der Waals surface area contributed by atoms with Gasteiger partial charge in [-0.05, 0) is 12.3 Å². The number of nitrogens with one attached hydrogen (secondary N) is 2. The van der Waals surface area contributed by atoms with Crippen molar-refractivity contribution in [2.75, 3.05) is 17.7 Å². The predicted molar refractivity (Wildman–Crippen MR) is 73.3 cm³/mol. The molecular weight excluding hydrogens is 230 g/mol. The molecule has 0 aliphatic carbocycles. The average molecular weight is 253 g/mol. The smallest absolute Gasteiger partial charge is 0.224 e. The van der Waals surface area contributed by atoms with Crippen LogP contribution in [0.3, 0.4) is 0 Å². The Morgan fingerprint density at radius 2 is 2.11 bits per heavy atom. The van der Waals surface area contributed by atoms with E-state index in [9.17, 15) is 5.11 Å². The zero-order chi connectivity index (χ0) is 13.7. The van der Waals surface area contributed by atoms with Gasteiger partial charge < -0.3 is 21.5 Å². The van der Waals surface area contributed by atoms with Crippen LogP contribution in [0.1, 0.15) is 39.0 Å². The Morgan fingerprint density at radius 3 is 2.56 bits per heavy atom. The van der Waals surface area contributed by atoms with Crippen LogP contribution >= 0.6 is 0 Å². The molecule has 0 spiro atoms. The molecule has 2 atom stereocenters. The van der Waals surface area contributed by atoms with Gasteiger partial charge in [-0.25, -0.2) is 4.98 Å². The van der Waals surface area contributed by atoms with Crippen LogP contribution in [0.25, 0.3) is 0 Å². The molecule has 1 rings (SSSR count). The highest BCUT2D eigenvalue weighted by Crippen LogP contribution is 2.21. The van der Waals surface area contributed by atoms with E-state index in [-0.39, 0.29) is 6.04 Å². The normalized spacial score (nSPS) is 14.4. The molecule has 1 aromatic heterocycles. The highest BCUT2D eigenvalue weighted by molar-refractivity contribution is 5.48. The Morgan fingerprint density at radius 1 is 1.44 bits per heavy atom. The second-order valence-corrected chi connectivity index (χ2v) is 4.60. The lowest BCUT2D eigenvalue weighted by Gasteiger charge is -2.23. The third-order valence-corrected chi connectivity index (χ3v) is 2.93. The summed E-state index contributed by atoms with van der Waals surface area (Å²) in [7, 11) is 1.75. The van der Waals surface area contributed by atoms with Gasteiger partial charge in [0.15, 0.2) is 0 Å². The summed E-state index contributed by atoms with van der Waals surface area (Å²) in [5.41, 5.74) is 6.02. The van der Waals surface area contributed by atoms with Gasteiger partial charge >= 0.3 is 0 Å². The molecule has 0 aromatic carbocycles. The van der Waals surface area contributed by atoms with Crippen molar-refractivity contribution < 1.29 is 5.11 Å². The summed E-state index contributed by atoms with van der Waals surface area (Å²) in [5.74, 6) is 1.55. The molecule has 0 bridgehead atoms. The highest BCUT2D eigenvalue weighted by atomic mass is 16.3. The maximum atomic E-state index is 9.53. The Hall–Kier alpha value is -1.40. The van der Waals surface area contributed by atoms with E-state index in [0.717, 1.165) is 6.42 Å². The lowest BCUT2D eigenvalue weighted by atomic mass is 10.0. The molecule has 18 heavy (non-hydrogen) atoms. The maximum absolute atomic E-state index is 9.53. The molecule has 1 aromatic rings. The van der Waals surface area contributed by atoms with Crippen molar-refractivity contribution >= 4 is 11.8 Å². The van der Waals surface area contributed by atoms with Gasteiger partial charge in [0, 0.05) is 19.3 Å². The van der Waals surface area contributed by atoms with E-state index in [1.54, 1.807) is 13.2 Å². The number of aromatic nitrogens is 2. The molecule has 0 fully saturated rings. The molecule has 0 amide bonds. The molecular formula is C12H23N5O. The number of anilines is 2. The molecule has 6 nitrogen and oxygen atoms in total. The molecule has 0 saturated carbocycles. The number of hydrogen-bond acceptors (Lipinski definition) is 6. The topological polar surface area (TPSA) is 96.1 Å². The van der Waals surface area contributed by atoms with E-state index in [2.05, 4.69) is 41.4 Å². The first-order chi connectivity index (χ1) is 8.49. The summed E-state index contributed by atoms with van der Waals surface area (Å²) in [4.78, 5) is 8.36. The molecule has 0 aliphatic heterocycles. The first kappa shape index (κ1) is 14.7. The number of aliphatic hydroxyl groups excluding tert-OH is 1. The second-order valence-electron chi connectivity index (χ2n) is 4.60. The van der Waals surface area contributed by atoms with Gasteiger partial charge in [-0.1, -0.05) is 20.8 Å². The van der Waals surface area contributed by atoms with Gasteiger partial charge in [-0.2, -0.15) is 4.98 Å². The largest absolute Gasteiger partial charge is 0.374 e. The van der Waals surface area contributed by atoms with Crippen molar-refractivity contribution in [2.24, 2.45) is 11.7 Å². The minimum absolute atomic E-state index is 0.280. The molecule has 1 heterocycles. The van der Waals surface area contributed by atoms with Crippen molar-refractivity contribution in [3.05, 3.63) is 11.8 Å². The monoisotopic (exact) mass is 253 g/mol. The Kier molecular flexibility index (Phi) is 5.30.